The molecule has 0 aliphatic heterocycles. The topological polar surface area (TPSA) is 24.9 Å². The second-order valence-electron chi connectivity index (χ2n) is 3.60. The lowest BCUT2D eigenvalue weighted by molar-refractivity contribution is 0.628. The van der Waals surface area contributed by atoms with Crippen LogP contribution in [-0.4, -0.2) is 4.98 Å². The average molecular weight is 316 g/mol. The van der Waals surface area contributed by atoms with Crippen molar-refractivity contribution in [3.63, 3.8) is 0 Å². The first-order valence-corrected chi connectivity index (χ1v) is 6.07. The van der Waals surface area contributed by atoms with E-state index >= 15 is 0 Å². The van der Waals surface area contributed by atoms with Crippen LogP contribution in [0.3, 0.4) is 0 Å². The Balaban J connectivity index is 2.31. The van der Waals surface area contributed by atoms with Crippen molar-refractivity contribution in [3.05, 3.63) is 51.3 Å². The summed E-state index contributed by atoms with van der Waals surface area (Å²) in [6, 6.07) is 6.20. The average Bonchev–Trinajstić information content (AvgIpc) is 2.21. The molecule has 2 aromatic rings. The molecule has 1 heterocycles. The van der Waals surface area contributed by atoms with Crippen molar-refractivity contribution in [3.8, 4) is 0 Å². The normalized spacial score (nSPS) is 10.4. The predicted molar refractivity (Wildman–Crippen MR) is 71.4 cm³/mol. The zero-order valence-electron chi connectivity index (χ0n) is 8.97. The van der Waals surface area contributed by atoms with E-state index in [0.29, 0.717) is 16.5 Å². The van der Waals surface area contributed by atoms with Gasteiger partial charge in [-0.3, -0.25) is 0 Å². The Morgan fingerprint density at radius 2 is 2.06 bits per heavy atom. The van der Waals surface area contributed by atoms with Gasteiger partial charge in [-0.15, -0.1) is 0 Å². The summed E-state index contributed by atoms with van der Waals surface area (Å²) in [6.07, 6.45) is 1.68. The van der Waals surface area contributed by atoms with Crippen molar-refractivity contribution in [1.29, 1.82) is 0 Å². The standard InChI is InChI=1S/C12H9BrClFN2/c1-7-2-8(13)6-16-12(7)17-11-4-9(14)3-10(15)5-11/h2-6H,1H3,(H,16,17). The van der Waals surface area contributed by atoms with Crippen molar-refractivity contribution in [1.82, 2.24) is 4.98 Å². The zero-order valence-corrected chi connectivity index (χ0v) is 11.3. The Bertz CT molecular complexity index is 540. The molecule has 0 spiro atoms. The van der Waals surface area contributed by atoms with Crippen LogP contribution in [0, 0.1) is 12.7 Å². The number of benzene rings is 1. The first-order chi connectivity index (χ1) is 8.04. The summed E-state index contributed by atoms with van der Waals surface area (Å²) in [7, 11) is 0. The zero-order chi connectivity index (χ0) is 12.4. The molecule has 0 amide bonds. The first-order valence-electron chi connectivity index (χ1n) is 4.90. The van der Waals surface area contributed by atoms with Crippen molar-refractivity contribution >= 4 is 39.0 Å². The lowest BCUT2D eigenvalue weighted by Crippen LogP contribution is -1.96. The molecule has 1 aromatic heterocycles. The fourth-order valence-electron chi connectivity index (χ4n) is 1.43. The minimum absolute atomic E-state index is 0.349. The maximum Gasteiger partial charge on any atom is 0.133 e. The molecule has 88 valence electrons. The van der Waals surface area contributed by atoms with Crippen molar-refractivity contribution in [2.45, 2.75) is 6.92 Å². The van der Waals surface area contributed by atoms with Gasteiger partial charge in [0, 0.05) is 21.4 Å². The van der Waals surface area contributed by atoms with E-state index in [1.807, 2.05) is 13.0 Å². The quantitative estimate of drug-likeness (QED) is 0.869. The second-order valence-corrected chi connectivity index (χ2v) is 4.95. The van der Waals surface area contributed by atoms with Gasteiger partial charge >= 0.3 is 0 Å². The highest BCUT2D eigenvalue weighted by molar-refractivity contribution is 9.10. The van der Waals surface area contributed by atoms with Crippen LogP contribution in [0.1, 0.15) is 5.56 Å². The van der Waals surface area contributed by atoms with Gasteiger partial charge < -0.3 is 5.32 Å². The summed E-state index contributed by atoms with van der Waals surface area (Å²) in [5, 5.41) is 3.37. The molecule has 0 fully saturated rings. The smallest absolute Gasteiger partial charge is 0.133 e. The summed E-state index contributed by atoms with van der Waals surface area (Å²) < 4.78 is 14.0. The largest absolute Gasteiger partial charge is 0.340 e. The number of hydrogen-bond acceptors (Lipinski definition) is 2. The van der Waals surface area contributed by atoms with Crippen molar-refractivity contribution in [2.24, 2.45) is 0 Å². The van der Waals surface area contributed by atoms with Crippen LogP contribution in [-0.2, 0) is 0 Å². The van der Waals surface area contributed by atoms with Gasteiger partial charge in [0.05, 0.1) is 0 Å². The Kier molecular flexibility index (Phi) is 3.64. The summed E-state index contributed by atoms with van der Waals surface area (Å²) in [5.74, 6) is 0.296. The van der Waals surface area contributed by atoms with Crippen molar-refractivity contribution in [2.75, 3.05) is 5.32 Å². The number of pyridine rings is 1. The molecule has 0 saturated carbocycles. The highest BCUT2D eigenvalue weighted by Crippen LogP contribution is 2.24. The van der Waals surface area contributed by atoms with Crippen LogP contribution in [0.25, 0.3) is 0 Å². The Morgan fingerprint density at radius 3 is 2.71 bits per heavy atom. The van der Waals surface area contributed by atoms with Gasteiger partial charge in [-0.1, -0.05) is 11.6 Å². The summed E-state index contributed by atoms with van der Waals surface area (Å²) in [4.78, 5) is 4.21. The van der Waals surface area contributed by atoms with E-state index in [9.17, 15) is 4.39 Å². The SMILES string of the molecule is Cc1cc(Br)cnc1Nc1cc(F)cc(Cl)c1. The molecular weight excluding hydrogens is 307 g/mol. The number of anilines is 2. The number of aryl methyl sites for hydroxylation is 1. The molecule has 17 heavy (non-hydrogen) atoms. The molecule has 5 heteroatoms. The predicted octanol–water partition coefficient (Wildman–Crippen LogP) is 4.69. The van der Waals surface area contributed by atoms with Gasteiger partial charge in [0.15, 0.2) is 0 Å². The van der Waals surface area contributed by atoms with Crippen LogP contribution in [0.4, 0.5) is 15.9 Å². The van der Waals surface area contributed by atoms with E-state index in [1.165, 1.54) is 12.1 Å². The molecule has 1 N–H and O–H groups in total. The first kappa shape index (κ1) is 12.3. The molecule has 0 bridgehead atoms. The lowest BCUT2D eigenvalue weighted by atomic mass is 10.2. The highest BCUT2D eigenvalue weighted by Gasteiger charge is 2.03. The third kappa shape index (κ3) is 3.17. The van der Waals surface area contributed by atoms with E-state index < -0.39 is 0 Å². The number of halogens is 3. The van der Waals surface area contributed by atoms with Gasteiger partial charge in [-0.05, 0) is 52.7 Å². The minimum Gasteiger partial charge on any atom is -0.340 e. The number of hydrogen-bond donors (Lipinski definition) is 1. The van der Waals surface area contributed by atoms with Crippen molar-refractivity contribution < 1.29 is 4.39 Å². The lowest BCUT2D eigenvalue weighted by Gasteiger charge is -2.09. The van der Waals surface area contributed by atoms with Gasteiger partial charge in [-0.25, -0.2) is 9.37 Å². The molecule has 0 unspecified atom stereocenters. The molecule has 0 aliphatic rings. The Morgan fingerprint density at radius 1 is 1.29 bits per heavy atom. The molecule has 2 nitrogen and oxygen atoms in total. The van der Waals surface area contributed by atoms with Gasteiger partial charge in [0.2, 0.25) is 0 Å². The van der Waals surface area contributed by atoms with E-state index in [1.54, 1.807) is 12.3 Å². The van der Waals surface area contributed by atoms with Gasteiger partial charge in [0.25, 0.3) is 0 Å². The van der Waals surface area contributed by atoms with Crippen LogP contribution in [0.5, 0.6) is 0 Å². The molecular formula is C12H9BrClFN2. The van der Waals surface area contributed by atoms with E-state index in [0.717, 1.165) is 10.0 Å². The minimum atomic E-state index is -0.380. The van der Waals surface area contributed by atoms with E-state index in [2.05, 4.69) is 26.2 Å². The molecule has 0 atom stereocenters. The number of rotatable bonds is 2. The molecule has 0 saturated heterocycles. The van der Waals surface area contributed by atoms with Crippen LogP contribution in [0.15, 0.2) is 34.9 Å². The van der Waals surface area contributed by atoms with E-state index in [-0.39, 0.29) is 5.82 Å². The third-order valence-corrected chi connectivity index (χ3v) is 2.82. The fourth-order valence-corrected chi connectivity index (χ4v) is 2.10. The maximum absolute atomic E-state index is 13.1. The highest BCUT2D eigenvalue weighted by atomic mass is 79.9. The number of aromatic nitrogens is 1. The van der Waals surface area contributed by atoms with Crippen LogP contribution < -0.4 is 5.32 Å². The molecule has 2 rings (SSSR count). The van der Waals surface area contributed by atoms with Crippen LogP contribution >= 0.6 is 27.5 Å². The fraction of sp³-hybridized carbons (Fsp3) is 0.0833. The summed E-state index contributed by atoms with van der Waals surface area (Å²) in [6.45, 7) is 1.92. The maximum atomic E-state index is 13.1. The number of nitrogens with zero attached hydrogens (tertiary/aromatic N) is 1. The van der Waals surface area contributed by atoms with Crippen LogP contribution in [0.2, 0.25) is 5.02 Å². The van der Waals surface area contributed by atoms with Gasteiger partial charge in [-0.2, -0.15) is 0 Å². The third-order valence-electron chi connectivity index (χ3n) is 2.17. The summed E-state index contributed by atoms with van der Waals surface area (Å²) >= 11 is 9.11. The summed E-state index contributed by atoms with van der Waals surface area (Å²) in [5.41, 5.74) is 1.53. The number of nitrogens with one attached hydrogen (secondary N) is 1. The van der Waals surface area contributed by atoms with E-state index in [4.69, 9.17) is 11.6 Å². The second kappa shape index (κ2) is 5.02. The Hall–Kier alpha value is -1.13. The molecule has 1 aromatic carbocycles. The molecule has 0 aliphatic carbocycles. The monoisotopic (exact) mass is 314 g/mol. The Labute approximate surface area is 112 Å². The van der Waals surface area contributed by atoms with Gasteiger partial charge in [0.1, 0.15) is 11.6 Å². The molecule has 0 radical (unpaired) electrons.